The lowest BCUT2D eigenvalue weighted by Gasteiger charge is -2.35. The first-order valence-corrected chi connectivity index (χ1v) is 17.2. The average Bonchev–Trinajstić information content (AvgIpc) is 3.64. The molecule has 49 heavy (non-hydrogen) atoms. The number of rotatable bonds is 9. The van der Waals surface area contributed by atoms with Gasteiger partial charge >= 0.3 is 18.2 Å². The van der Waals surface area contributed by atoms with Gasteiger partial charge in [0, 0.05) is 25.9 Å². The zero-order valence-corrected chi connectivity index (χ0v) is 28.9. The summed E-state index contributed by atoms with van der Waals surface area (Å²) in [5, 5.41) is 15.8. The summed E-state index contributed by atoms with van der Waals surface area (Å²) in [5.74, 6) is -2.60. The van der Waals surface area contributed by atoms with Gasteiger partial charge in [0.2, 0.25) is 11.8 Å². The number of ether oxygens (including phenoxy) is 2. The zero-order valence-electron chi connectivity index (χ0n) is 28.9. The van der Waals surface area contributed by atoms with Gasteiger partial charge in [-0.05, 0) is 68.7 Å². The van der Waals surface area contributed by atoms with E-state index < -0.39 is 59.7 Å². The molecule has 2 aromatic rings. The third-order valence-corrected chi connectivity index (χ3v) is 9.86. The summed E-state index contributed by atoms with van der Waals surface area (Å²) in [5.41, 5.74) is 3.59. The summed E-state index contributed by atoms with van der Waals surface area (Å²) >= 11 is 0. The molecule has 3 N–H and O–H groups in total. The molecule has 264 valence electrons. The van der Waals surface area contributed by atoms with Gasteiger partial charge in [0.05, 0.1) is 6.04 Å². The van der Waals surface area contributed by atoms with Crippen molar-refractivity contribution in [2.45, 2.75) is 102 Å². The van der Waals surface area contributed by atoms with Crippen LogP contribution in [0, 0.1) is 5.92 Å². The summed E-state index contributed by atoms with van der Waals surface area (Å²) < 4.78 is 11.1. The number of nitrogens with one attached hydrogen (secondary N) is 2. The lowest BCUT2D eigenvalue weighted by molar-refractivity contribution is -0.150. The molecule has 0 aromatic heterocycles. The summed E-state index contributed by atoms with van der Waals surface area (Å²) in [6.45, 7) is 6.78. The number of carboxylic acids is 1. The Hall–Kier alpha value is -4.61. The second kappa shape index (κ2) is 14.9. The van der Waals surface area contributed by atoms with Crippen LogP contribution < -0.4 is 10.6 Å². The molecule has 2 aliphatic carbocycles. The van der Waals surface area contributed by atoms with E-state index >= 15 is 0 Å². The van der Waals surface area contributed by atoms with Crippen LogP contribution in [0.4, 0.5) is 9.59 Å². The van der Waals surface area contributed by atoms with Crippen molar-refractivity contribution in [1.82, 2.24) is 20.4 Å². The van der Waals surface area contributed by atoms with Crippen molar-refractivity contribution in [1.29, 1.82) is 0 Å². The van der Waals surface area contributed by atoms with Gasteiger partial charge < -0.3 is 30.1 Å². The van der Waals surface area contributed by atoms with E-state index in [-0.39, 0.29) is 31.4 Å². The van der Waals surface area contributed by atoms with Gasteiger partial charge in [-0.3, -0.25) is 14.5 Å². The third kappa shape index (κ3) is 8.17. The Morgan fingerprint density at radius 1 is 0.959 bits per heavy atom. The highest BCUT2D eigenvalue weighted by atomic mass is 16.6. The van der Waals surface area contributed by atoms with E-state index in [1.54, 1.807) is 27.7 Å². The Morgan fingerprint density at radius 2 is 1.55 bits per heavy atom. The van der Waals surface area contributed by atoms with Crippen molar-refractivity contribution < 1.29 is 38.6 Å². The number of likely N-dealkylation sites (N-methyl/N-ethyl adjacent to an activating group) is 1. The SMILES string of the molecule is C[C@@H](C(=O)N[C@H](C(=O)N1C[C@@H](NC(=O)OCC2c3ccccc3-c3ccccc32)C[C@H]1C(=O)O)C1CCCCC1)N(C)C(=O)OC(C)(C)C. The summed E-state index contributed by atoms with van der Waals surface area (Å²) in [7, 11) is 1.45. The van der Waals surface area contributed by atoms with Gasteiger partial charge in [-0.1, -0.05) is 67.8 Å². The van der Waals surface area contributed by atoms with E-state index in [9.17, 15) is 29.1 Å². The van der Waals surface area contributed by atoms with E-state index in [2.05, 4.69) is 10.6 Å². The van der Waals surface area contributed by atoms with E-state index in [4.69, 9.17) is 9.47 Å². The third-order valence-electron chi connectivity index (χ3n) is 9.86. The maximum Gasteiger partial charge on any atom is 0.410 e. The quantitative estimate of drug-likeness (QED) is 0.339. The molecule has 2 fully saturated rings. The lowest BCUT2D eigenvalue weighted by atomic mass is 9.83. The Kier molecular flexibility index (Phi) is 10.8. The molecule has 0 bridgehead atoms. The minimum Gasteiger partial charge on any atom is -0.480 e. The molecular weight excluding hydrogens is 628 g/mol. The largest absolute Gasteiger partial charge is 0.480 e. The minimum atomic E-state index is -1.20. The Balaban J connectivity index is 1.25. The van der Waals surface area contributed by atoms with E-state index in [1.165, 1.54) is 16.8 Å². The van der Waals surface area contributed by atoms with Gasteiger partial charge in [-0.15, -0.1) is 0 Å². The molecule has 1 saturated carbocycles. The van der Waals surface area contributed by atoms with Crippen LogP contribution in [0.2, 0.25) is 0 Å². The monoisotopic (exact) mass is 676 g/mol. The van der Waals surface area contributed by atoms with Crippen LogP contribution in [-0.2, 0) is 23.9 Å². The van der Waals surface area contributed by atoms with Gasteiger partial charge in [0.1, 0.15) is 30.3 Å². The molecule has 4 amide bonds. The van der Waals surface area contributed by atoms with Crippen LogP contribution >= 0.6 is 0 Å². The van der Waals surface area contributed by atoms with Gasteiger partial charge in [-0.2, -0.15) is 0 Å². The molecule has 1 aliphatic heterocycles. The van der Waals surface area contributed by atoms with Crippen LogP contribution in [0.1, 0.15) is 83.3 Å². The molecule has 1 heterocycles. The normalized spacial score (nSPS) is 20.4. The Bertz CT molecular complexity index is 1520. The number of likely N-dealkylation sites (tertiary alicyclic amines) is 1. The van der Waals surface area contributed by atoms with Crippen molar-refractivity contribution in [2.24, 2.45) is 5.92 Å². The number of carboxylic acid groups (broad SMARTS) is 1. The first-order valence-electron chi connectivity index (χ1n) is 17.2. The lowest BCUT2D eigenvalue weighted by Crippen LogP contribution is -2.58. The summed E-state index contributed by atoms with van der Waals surface area (Å²) in [4.78, 5) is 68.2. The van der Waals surface area contributed by atoms with Gasteiger partial charge in [0.25, 0.3) is 0 Å². The number of hydrogen-bond acceptors (Lipinski definition) is 7. The number of carbonyl (C=O) groups is 5. The highest BCUT2D eigenvalue weighted by Gasteiger charge is 2.45. The first kappa shape index (κ1) is 35.7. The summed E-state index contributed by atoms with van der Waals surface area (Å²) in [6.07, 6.45) is 2.79. The van der Waals surface area contributed by atoms with E-state index in [1.807, 2.05) is 48.5 Å². The van der Waals surface area contributed by atoms with Gasteiger partial charge in [0.15, 0.2) is 0 Å². The first-order chi connectivity index (χ1) is 23.2. The van der Waals surface area contributed by atoms with E-state index in [0.717, 1.165) is 41.5 Å². The van der Waals surface area contributed by atoms with Crippen molar-refractivity contribution in [3.05, 3.63) is 59.7 Å². The number of benzene rings is 2. The molecule has 0 unspecified atom stereocenters. The fourth-order valence-corrected chi connectivity index (χ4v) is 7.19. The maximum absolute atomic E-state index is 14.2. The minimum absolute atomic E-state index is 0.00557. The number of hydrogen-bond donors (Lipinski definition) is 3. The standard InChI is InChI=1S/C37H48N4O8/c1-22(40(5)36(47)49-37(2,3)4)32(42)39-31(23-13-7-6-8-14-23)33(43)41-20-24(19-30(41)34(44)45)38-35(46)48-21-29-27-17-11-9-15-25(27)26-16-10-12-18-28(26)29/h9-12,15-18,22-24,29-31H,6-8,13-14,19-21H2,1-5H3,(H,38,46)(H,39,42)(H,44,45)/t22-,24-,30-,31-/m0/s1. The van der Waals surface area contributed by atoms with Crippen LogP contribution in [-0.4, -0.2) is 94.8 Å². The molecule has 2 aromatic carbocycles. The molecule has 5 rings (SSSR count). The van der Waals surface area contributed by atoms with Crippen LogP contribution in [0.15, 0.2) is 48.5 Å². The fraction of sp³-hybridized carbons (Fsp3) is 0.541. The predicted octanol–water partition coefficient (Wildman–Crippen LogP) is 4.90. The number of fused-ring (bicyclic) bond motifs is 3. The van der Waals surface area contributed by atoms with Crippen LogP contribution in [0.3, 0.4) is 0 Å². The van der Waals surface area contributed by atoms with Crippen LogP contribution in [0.25, 0.3) is 11.1 Å². The molecular formula is C37H48N4O8. The topological polar surface area (TPSA) is 155 Å². The average molecular weight is 677 g/mol. The fourth-order valence-electron chi connectivity index (χ4n) is 7.19. The molecule has 0 spiro atoms. The molecule has 4 atom stereocenters. The maximum atomic E-state index is 14.2. The van der Waals surface area contributed by atoms with Gasteiger partial charge in [-0.25, -0.2) is 14.4 Å². The number of nitrogens with zero attached hydrogens (tertiary/aromatic N) is 2. The predicted molar refractivity (Wildman–Crippen MR) is 182 cm³/mol. The number of alkyl carbamates (subject to hydrolysis) is 1. The second-order valence-corrected chi connectivity index (χ2v) is 14.4. The zero-order chi connectivity index (χ0) is 35.5. The molecule has 0 radical (unpaired) electrons. The van der Waals surface area contributed by atoms with Crippen molar-refractivity contribution in [3.63, 3.8) is 0 Å². The Morgan fingerprint density at radius 3 is 2.12 bits per heavy atom. The molecule has 12 nitrogen and oxygen atoms in total. The highest BCUT2D eigenvalue weighted by Crippen LogP contribution is 2.44. The second-order valence-electron chi connectivity index (χ2n) is 14.4. The highest BCUT2D eigenvalue weighted by molar-refractivity contribution is 5.93. The molecule has 3 aliphatic rings. The number of aliphatic carboxylic acids is 1. The number of carbonyl (C=O) groups excluding carboxylic acids is 4. The smallest absolute Gasteiger partial charge is 0.410 e. The molecule has 12 heteroatoms. The molecule has 1 saturated heterocycles. The number of amides is 4. The van der Waals surface area contributed by atoms with Crippen LogP contribution in [0.5, 0.6) is 0 Å². The van der Waals surface area contributed by atoms with Crippen molar-refractivity contribution in [3.8, 4) is 11.1 Å². The van der Waals surface area contributed by atoms with Crippen molar-refractivity contribution in [2.75, 3.05) is 20.2 Å². The van der Waals surface area contributed by atoms with Crippen molar-refractivity contribution >= 4 is 30.0 Å². The Labute approximate surface area is 287 Å². The van der Waals surface area contributed by atoms with E-state index in [0.29, 0.717) is 12.8 Å². The summed E-state index contributed by atoms with van der Waals surface area (Å²) in [6, 6.07) is 12.2.